The minimum atomic E-state index is -3.32. The fraction of sp³-hybridized carbons (Fsp3) is 0.176. The van der Waals surface area contributed by atoms with Crippen molar-refractivity contribution < 1.29 is 13.5 Å². The molecule has 0 bridgehead atoms. The van der Waals surface area contributed by atoms with Crippen molar-refractivity contribution in [2.24, 2.45) is 0 Å². The van der Waals surface area contributed by atoms with E-state index in [1.807, 2.05) is 0 Å². The van der Waals surface area contributed by atoms with E-state index in [1.165, 1.54) is 47.3 Å². The minimum absolute atomic E-state index is 0.0515. The summed E-state index contributed by atoms with van der Waals surface area (Å²) >= 11 is 12.0. The average molecular weight is 413 g/mol. The Labute approximate surface area is 159 Å². The number of aliphatic hydroxyl groups is 1. The maximum absolute atomic E-state index is 12.6. The lowest BCUT2D eigenvalue weighted by molar-refractivity contribution is 0.155. The monoisotopic (exact) mass is 412 g/mol. The highest BCUT2D eigenvalue weighted by Crippen LogP contribution is 2.24. The van der Waals surface area contributed by atoms with Crippen LogP contribution < -0.4 is 5.56 Å². The van der Waals surface area contributed by atoms with Gasteiger partial charge < -0.3 is 5.11 Å². The van der Waals surface area contributed by atoms with E-state index in [1.54, 1.807) is 0 Å². The summed E-state index contributed by atoms with van der Waals surface area (Å²) in [4.78, 5) is 16.9. The Balaban J connectivity index is 1.93. The van der Waals surface area contributed by atoms with E-state index in [2.05, 4.69) is 4.98 Å². The molecule has 0 fully saturated rings. The Hall–Kier alpha value is -1.93. The van der Waals surface area contributed by atoms with E-state index in [0.29, 0.717) is 16.1 Å². The molecule has 0 saturated carbocycles. The van der Waals surface area contributed by atoms with Gasteiger partial charge in [0.05, 0.1) is 39.8 Å². The summed E-state index contributed by atoms with van der Waals surface area (Å²) in [5, 5.41) is 11.2. The highest BCUT2D eigenvalue weighted by molar-refractivity contribution is 7.90. The molecule has 0 radical (unpaired) electrons. The fourth-order valence-corrected chi connectivity index (χ4v) is 3.73. The summed E-state index contributed by atoms with van der Waals surface area (Å²) < 4.78 is 24.2. The van der Waals surface area contributed by atoms with E-state index >= 15 is 0 Å². The van der Waals surface area contributed by atoms with E-state index in [-0.39, 0.29) is 27.4 Å². The van der Waals surface area contributed by atoms with E-state index in [0.717, 1.165) is 6.26 Å². The van der Waals surface area contributed by atoms with Gasteiger partial charge >= 0.3 is 0 Å². The van der Waals surface area contributed by atoms with Gasteiger partial charge in [-0.25, -0.2) is 13.4 Å². The van der Waals surface area contributed by atoms with Gasteiger partial charge in [-0.2, -0.15) is 0 Å². The topological polar surface area (TPSA) is 89.3 Å². The fourth-order valence-electron chi connectivity index (χ4n) is 2.55. The van der Waals surface area contributed by atoms with E-state index < -0.39 is 15.9 Å². The standard InChI is InChI=1S/C17H14Cl2N2O4S/c1-26(24,25)12-4-2-10(3-5-12)15(22)8-21-9-20-16-13(17(21)23)6-11(18)7-14(16)19/h2-7,9,15,22H,8H2,1H3. The maximum Gasteiger partial charge on any atom is 0.261 e. The smallest absolute Gasteiger partial charge is 0.261 e. The van der Waals surface area contributed by atoms with Gasteiger partial charge in [0.1, 0.15) is 0 Å². The first-order chi connectivity index (χ1) is 12.2. The SMILES string of the molecule is CS(=O)(=O)c1ccc(C(O)Cn2cnc3c(Cl)cc(Cl)cc3c2=O)cc1. The number of rotatable bonds is 4. The lowest BCUT2D eigenvalue weighted by Crippen LogP contribution is -2.24. The number of benzene rings is 2. The van der Waals surface area contributed by atoms with E-state index in [9.17, 15) is 18.3 Å². The van der Waals surface area contributed by atoms with Crippen LogP contribution in [0.4, 0.5) is 0 Å². The van der Waals surface area contributed by atoms with Crippen molar-refractivity contribution >= 4 is 43.9 Å². The molecule has 3 rings (SSSR count). The summed E-state index contributed by atoms with van der Waals surface area (Å²) in [5.41, 5.74) is 0.434. The molecular formula is C17H14Cl2N2O4S. The predicted octanol–water partition coefficient (Wildman–Crippen LogP) is 2.84. The normalized spacial score (nSPS) is 13.1. The van der Waals surface area contributed by atoms with Crippen LogP contribution in [0.15, 0.2) is 52.4 Å². The van der Waals surface area contributed by atoms with Crippen LogP contribution in [0.5, 0.6) is 0 Å². The molecule has 0 saturated heterocycles. The van der Waals surface area contributed by atoms with Gasteiger partial charge in [0.15, 0.2) is 9.84 Å². The molecule has 0 aliphatic carbocycles. The van der Waals surface area contributed by atoms with Crippen molar-refractivity contribution in [3.05, 3.63) is 68.7 Å². The van der Waals surface area contributed by atoms with Gasteiger partial charge in [-0.05, 0) is 29.8 Å². The second-order valence-electron chi connectivity index (χ2n) is 5.84. The number of hydrogen-bond donors (Lipinski definition) is 1. The number of aromatic nitrogens is 2. The van der Waals surface area contributed by atoms with Crippen LogP contribution in [-0.4, -0.2) is 29.3 Å². The summed E-state index contributed by atoms with van der Waals surface area (Å²) in [5.74, 6) is 0. The molecular weight excluding hydrogens is 399 g/mol. The number of hydrogen-bond acceptors (Lipinski definition) is 5. The summed E-state index contributed by atoms with van der Waals surface area (Å²) in [7, 11) is -3.32. The molecule has 0 aliphatic rings. The Morgan fingerprint density at radius 2 is 1.85 bits per heavy atom. The van der Waals surface area contributed by atoms with Crippen molar-refractivity contribution in [3.8, 4) is 0 Å². The summed E-state index contributed by atoms with van der Waals surface area (Å²) in [6.07, 6.45) is 1.39. The van der Waals surface area contributed by atoms with Gasteiger partial charge in [0.25, 0.3) is 5.56 Å². The van der Waals surface area contributed by atoms with Crippen molar-refractivity contribution in [2.75, 3.05) is 6.26 Å². The Morgan fingerprint density at radius 1 is 1.19 bits per heavy atom. The molecule has 6 nitrogen and oxygen atoms in total. The van der Waals surface area contributed by atoms with Crippen molar-refractivity contribution in [3.63, 3.8) is 0 Å². The first kappa shape index (κ1) is 18.8. The third-order valence-electron chi connectivity index (χ3n) is 3.91. The maximum atomic E-state index is 12.6. The lowest BCUT2D eigenvalue weighted by atomic mass is 10.1. The van der Waals surface area contributed by atoms with Crippen LogP contribution in [-0.2, 0) is 16.4 Å². The Kier molecular flexibility index (Phi) is 5.07. The molecule has 0 spiro atoms. The molecule has 0 aliphatic heterocycles. The molecule has 136 valence electrons. The molecule has 0 amide bonds. The molecule has 1 heterocycles. The molecule has 1 atom stereocenters. The first-order valence-electron chi connectivity index (χ1n) is 7.49. The molecule has 1 aromatic heterocycles. The number of aliphatic hydroxyl groups excluding tert-OH is 1. The quantitative estimate of drug-likeness (QED) is 0.711. The largest absolute Gasteiger partial charge is 0.387 e. The van der Waals surface area contributed by atoms with Gasteiger partial charge in [-0.1, -0.05) is 35.3 Å². The third kappa shape index (κ3) is 3.76. The van der Waals surface area contributed by atoms with Gasteiger partial charge in [-0.3, -0.25) is 9.36 Å². The predicted molar refractivity (Wildman–Crippen MR) is 101 cm³/mol. The zero-order chi connectivity index (χ0) is 19.1. The highest BCUT2D eigenvalue weighted by atomic mass is 35.5. The zero-order valence-electron chi connectivity index (χ0n) is 13.6. The molecule has 3 aromatic rings. The first-order valence-corrected chi connectivity index (χ1v) is 10.1. The van der Waals surface area contributed by atoms with Gasteiger partial charge in [-0.15, -0.1) is 0 Å². The second-order valence-corrected chi connectivity index (χ2v) is 8.70. The summed E-state index contributed by atoms with van der Waals surface area (Å²) in [6, 6.07) is 8.81. The molecule has 1 unspecified atom stereocenters. The molecule has 26 heavy (non-hydrogen) atoms. The van der Waals surface area contributed by atoms with Crippen LogP contribution in [0.2, 0.25) is 10.0 Å². The van der Waals surface area contributed by atoms with Gasteiger partial charge in [0.2, 0.25) is 0 Å². The molecule has 2 aromatic carbocycles. The van der Waals surface area contributed by atoms with Crippen LogP contribution in [0.3, 0.4) is 0 Å². The number of sulfone groups is 1. The number of fused-ring (bicyclic) bond motifs is 1. The van der Waals surface area contributed by atoms with Crippen LogP contribution in [0, 0.1) is 0 Å². The Bertz CT molecular complexity index is 1140. The number of halogens is 2. The van der Waals surface area contributed by atoms with Crippen LogP contribution in [0.25, 0.3) is 10.9 Å². The molecule has 9 heteroatoms. The van der Waals surface area contributed by atoms with Crippen LogP contribution >= 0.6 is 23.2 Å². The molecule has 1 N–H and O–H groups in total. The summed E-state index contributed by atoms with van der Waals surface area (Å²) in [6.45, 7) is -0.0515. The van der Waals surface area contributed by atoms with Gasteiger partial charge in [0, 0.05) is 11.3 Å². The second kappa shape index (κ2) is 7.00. The van der Waals surface area contributed by atoms with Crippen molar-refractivity contribution in [1.82, 2.24) is 9.55 Å². The van der Waals surface area contributed by atoms with E-state index in [4.69, 9.17) is 23.2 Å². The minimum Gasteiger partial charge on any atom is -0.387 e. The van der Waals surface area contributed by atoms with Crippen molar-refractivity contribution in [1.29, 1.82) is 0 Å². The lowest BCUT2D eigenvalue weighted by Gasteiger charge is -2.14. The number of nitrogens with zero attached hydrogens (tertiary/aromatic N) is 2. The average Bonchev–Trinajstić information content (AvgIpc) is 2.57. The zero-order valence-corrected chi connectivity index (χ0v) is 15.9. The third-order valence-corrected chi connectivity index (χ3v) is 5.54. The van der Waals surface area contributed by atoms with Crippen molar-refractivity contribution in [2.45, 2.75) is 17.5 Å². The Morgan fingerprint density at radius 3 is 2.46 bits per heavy atom. The highest BCUT2D eigenvalue weighted by Gasteiger charge is 2.14. The van der Waals surface area contributed by atoms with Crippen LogP contribution in [0.1, 0.15) is 11.7 Å².